The summed E-state index contributed by atoms with van der Waals surface area (Å²) in [5, 5.41) is 7.47. The van der Waals surface area contributed by atoms with Crippen LogP contribution in [0.2, 0.25) is 0 Å². The first-order valence-corrected chi connectivity index (χ1v) is 9.51. The Hall–Kier alpha value is -1.65. The molecule has 24 heavy (non-hydrogen) atoms. The van der Waals surface area contributed by atoms with Crippen molar-refractivity contribution in [2.75, 3.05) is 13.1 Å². The Balaban J connectivity index is 1.53. The number of nitrogens with zero attached hydrogens (tertiary/aromatic N) is 1. The third kappa shape index (κ3) is 4.25. The van der Waals surface area contributed by atoms with Gasteiger partial charge < -0.3 is 5.32 Å². The van der Waals surface area contributed by atoms with Crippen molar-refractivity contribution in [3.05, 3.63) is 46.7 Å². The number of benzene rings is 1. The summed E-state index contributed by atoms with van der Waals surface area (Å²) in [6, 6.07) is 11.3. The van der Waals surface area contributed by atoms with Gasteiger partial charge in [0, 0.05) is 31.1 Å². The van der Waals surface area contributed by atoms with Crippen LogP contribution in [0.25, 0.3) is 11.1 Å². The highest BCUT2D eigenvalue weighted by atomic mass is 32.1. The highest BCUT2D eigenvalue weighted by molar-refractivity contribution is 7.08. The lowest BCUT2D eigenvalue weighted by Gasteiger charge is -2.22. The van der Waals surface area contributed by atoms with Crippen LogP contribution in [0.15, 0.2) is 41.1 Å². The third-order valence-corrected chi connectivity index (χ3v) is 5.19. The molecule has 1 aliphatic rings. The van der Waals surface area contributed by atoms with Gasteiger partial charge in [-0.05, 0) is 39.9 Å². The van der Waals surface area contributed by atoms with Crippen molar-refractivity contribution < 1.29 is 4.79 Å². The molecule has 1 aromatic carbocycles. The average molecular weight is 343 g/mol. The molecule has 0 aliphatic carbocycles. The molecule has 1 atom stereocenters. The molecule has 128 valence electrons. The standard InChI is InChI=1S/C20H26N2OS/c1-20(2,3)19(23)21-18-8-10-22(13-18)12-15-4-6-16(7-5-15)17-9-11-24-14-17/h4-7,9,11,14,18H,8,10,12-13H2,1-3H3,(H,21,23). The molecule has 2 heterocycles. The van der Waals surface area contributed by atoms with E-state index in [-0.39, 0.29) is 17.4 Å². The number of carbonyl (C=O) groups excluding carboxylic acids is 1. The van der Waals surface area contributed by atoms with E-state index in [2.05, 4.69) is 51.3 Å². The fourth-order valence-corrected chi connectivity index (χ4v) is 3.65. The van der Waals surface area contributed by atoms with Crippen molar-refractivity contribution in [3.8, 4) is 11.1 Å². The normalized spacial score (nSPS) is 18.7. The number of amides is 1. The highest BCUT2D eigenvalue weighted by Gasteiger charge is 2.28. The van der Waals surface area contributed by atoms with Crippen LogP contribution < -0.4 is 5.32 Å². The van der Waals surface area contributed by atoms with E-state index in [1.807, 2.05) is 20.8 Å². The molecule has 4 heteroatoms. The van der Waals surface area contributed by atoms with Crippen LogP contribution in [0.3, 0.4) is 0 Å². The van der Waals surface area contributed by atoms with E-state index < -0.39 is 0 Å². The van der Waals surface area contributed by atoms with Crippen molar-refractivity contribution in [1.82, 2.24) is 10.2 Å². The van der Waals surface area contributed by atoms with Gasteiger partial charge in [0.1, 0.15) is 0 Å². The summed E-state index contributed by atoms with van der Waals surface area (Å²) in [5.41, 5.74) is 3.58. The van der Waals surface area contributed by atoms with Gasteiger partial charge in [-0.25, -0.2) is 0 Å². The van der Waals surface area contributed by atoms with Gasteiger partial charge in [0.2, 0.25) is 5.91 Å². The molecule has 2 aromatic rings. The van der Waals surface area contributed by atoms with E-state index in [1.54, 1.807) is 11.3 Å². The largest absolute Gasteiger partial charge is 0.352 e. The van der Waals surface area contributed by atoms with Gasteiger partial charge in [-0.2, -0.15) is 11.3 Å². The lowest BCUT2D eigenvalue weighted by atomic mass is 9.95. The highest BCUT2D eigenvalue weighted by Crippen LogP contribution is 2.23. The van der Waals surface area contributed by atoms with Gasteiger partial charge in [-0.1, -0.05) is 45.0 Å². The Morgan fingerprint density at radius 3 is 2.58 bits per heavy atom. The first-order valence-electron chi connectivity index (χ1n) is 8.56. The molecule has 1 aliphatic heterocycles. The van der Waals surface area contributed by atoms with Crippen LogP contribution in [0.1, 0.15) is 32.8 Å². The summed E-state index contributed by atoms with van der Waals surface area (Å²) in [6.45, 7) is 8.82. The van der Waals surface area contributed by atoms with Crippen LogP contribution in [0, 0.1) is 5.41 Å². The number of hydrogen-bond donors (Lipinski definition) is 1. The molecule has 1 amide bonds. The van der Waals surface area contributed by atoms with E-state index in [0.717, 1.165) is 26.1 Å². The molecule has 1 fully saturated rings. The van der Waals surface area contributed by atoms with E-state index in [9.17, 15) is 4.79 Å². The van der Waals surface area contributed by atoms with Gasteiger partial charge in [0.05, 0.1) is 0 Å². The fraction of sp³-hybridized carbons (Fsp3) is 0.450. The Labute approximate surface area is 148 Å². The minimum absolute atomic E-state index is 0.148. The second kappa shape index (κ2) is 7.08. The molecule has 1 unspecified atom stereocenters. The zero-order chi connectivity index (χ0) is 17.2. The molecular weight excluding hydrogens is 316 g/mol. The monoisotopic (exact) mass is 342 g/mol. The van der Waals surface area contributed by atoms with Crippen molar-refractivity contribution in [2.24, 2.45) is 5.41 Å². The summed E-state index contributed by atoms with van der Waals surface area (Å²) < 4.78 is 0. The quantitative estimate of drug-likeness (QED) is 0.905. The Bertz CT molecular complexity index is 671. The second-order valence-corrected chi connectivity index (χ2v) is 8.43. The van der Waals surface area contributed by atoms with E-state index in [4.69, 9.17) is 0 Å². The Kier molecular flexibility index (Phi) is 5.07. The SMILES string of the molecule is CC(C)(C)C(=O)NC1CCN(Cc2ccc(-c3ccsc3)cc2)C1. The summed E-state index contributed by atoms with van der Waals surface area (Å²) in [5.74, 6) is 0.148. The van der Waals surface area contributed by atoms with Crippen molar-refractivity contribution in [3.63, 3.8) is 0 Å². The van der Waals surface area contributed by atoms with Gasteiger partial charge >= 0.3 is 0 Å². The first-order chi connectivity index (χ1) is 11.4. The van der Waals surface area contributed by atoms with Crippen LogP contribution in [0.5, 0.6) is 0 Å². The van der Waals surface area contributed by atoms with Crippen molar-refractivity contribution >= 4 is 17.2 Å². The number of hydrogen-bond acceptors (Lipinski definition) is 3. The van der Waals surface area contributed by atoms with E-state index in [0.29, 0.717) is 0 Å². The number of rotatable bonds is 4. The molecule has 0 spiro atoms. The van der Waals surface area contributed by atoms with Gasteiger partial charge in [0.25, 0.3) is 0 Å². The summed E-state index contributed by atoms with van der Waals surface area (Å²) in [4.78, 5) is 14.5. The Morgan fingerprint density at radius 1 is 1.21 bits per heavy atom. The zero-order valence-electron chi connectivity index (χ0n) is 14.7. The van der Waals surface area contributed by atoms with Crippen LogP contribution >= 0.6 is 11.3 Å². The Morgan fingerprint density at radius 2 is 1.96 bits per heavy atom. The molecule has 1 saturated heterocycles. The molecule has 0 bridgehead atoms. The first kappa shape index (κ1) is 17.2. The topological polar surface area (TPSA) is 32.3 Å². The van der Waals surface area contributed by atoms with Crippen LogP contribution in [0.4, 0.5) is 0 Å². The lowest BCUT2D eigenvalue weighted by Crippen LogP contribution is -2.42. The van der Waals surface area contributed by atoms with E-state index >= 15 is 0 Å². The van der Waals surface area contributed by atoms with Gasteiger partial charge in [0.15, 0.2) is 0 Å². The number of nitrogens with one attached hydrogen (secondary N) is 1. The minimum atomic E-state index is -0.315. The molecule has 1 N–H and O–H groups in total. The smallest absolute Gasteiger partial charge is 0.225 e. The fourth-order valence-electron chi connectivity index (χ4n) is 2.99. The molecule has 1 aromatic heterocycles. The average Bonchev–Trinajstić information content (AvgIpc) is 3.19. The molecule has 0 radical (unpaired) electrons. The van der Waals surface area contributed by atoms with E-state index in [1.165, 1.54) is 16.7 Å². The molecule has 3 nitrogen and oxygen atoms in total. The molecule has 3 rings (SSSR count). The predicted molar refractivity (Wildman–Crippen MR) is 101 cm³/mol. The molecular formula is C20H26N2OS. The van der Waals surface area contributed by atoms with Gasteiger partial charge in [-0.3, -0.25) is 9.69 Å². The lowest BCUT2D eigenvalue weighted by molar-refractivity contribution is -0.129. The second-order valence-electron chi connectivity index (χ2n) is 7.65. The maximum atomic E-state index is 12.1. The summed E-state index contributed by atoms with van der Waals surface area (Å²) in [6.07, 6.45) is 1.04. The number of carbonyl (C=O) groups is 1. The van der Waals surface area contributed by atoms with Crippen LogP contribution in [-0.4, -0.2) is 29.9 Å². The van der Waals surface area contributed by atoms with Gasteiger partial charge in [-0.15, -0.1) is 0 Å². The van der Waals surface area contributed by atoms with Crippen molar-refractivity contribution in [2.45, 2.75) is 39.8 Å². The summed E-state index contributed by atoms with van der Waals surface area (Å²) in [7, 11) is 0. The third-order valence-electron chi connectivity index (χ3n) is 4.50. The number of likely N-dealkylation sites (tertiary alicyclic amines) is 1. The zero-order valence-corrected chi connectivity index (χ0v) is 15.5. The predicted octanol–water partition coefficient (Wildman–Crippen LogP) is 4.15. The maximum Gasteiger partial charge on any atom is 0.225 e. The molecule has 0 saturated carbocycles. The van der Waals surface area contributed by atoms with Crippen molar-refractivity contribution in [1.29, 1.82) is 0 Å². The van der Waals surface area contributed by atoms with Crippen LogP contribution in [-0.2, 0) is 11.3 Å². The maximum absolute atomic E-state index is 12.1. The number of thiophene rings is 1. The minimum Gasteiger partial charge on any atom is -0.352 e. The summed E-state index contributed by atoms with van der Waals surface area (Å²) >= 11 is 1.73.